The van der Waals surface area contributed by atoms with E-state index in [1.54, 1.807) is 24.3 Å². The number of rotatable bonds is 18. The molecule has 0 spiro atoms. The third-order valence-corrected chi connectivity index (χ3v) is 6.59. The Bertz CT molecular complexity index is 824. The second kappa shape index (κ2) is 18.9. The number of unbranched alkanes of at least 4 members (excludes halogenated alkanes) is 8. The third kappa shape index (κ3) is 12.1. The number of hydrogen-bond donors (Lipinski definition) is 5. The van der Waals surface area contributed by atoms with Crippen molar-refractivity contribution in [3.8, 4) is 5.75 Å². The highest BCUT2D eigenvalue weighted by Crippen LogP contribution is 2.25. The van der Waals surface area contributed by atoms with Crippen molar-refractivity contribution in [3.05, 3.63) is 48.6 Å². The predicted molar refractivity (Wildman–Crippen MR) is 149 cm³/mol. The number of ether oxygens (including phenoxy) is 2. The standard InChI is InChI=1S/C30H47NO7/c1-2-3-4-5-6-7-8-9-10-11-12-13-14-15-16-17-26(33)31-23-18-20-24(21-19-23)37-30-29(36)28(35)27(34)25(22-32)38-30/h6-7,9-10,18-21,25,27-30,32,34-36H,2-5,8,11-17,22H2,1H3,(H,31,33)/b7-6-,10-9-/t25-,27+,28+,29-,30-/m1/s1. The summed E-state index contributed by atoms with van der Waals surface area (Å²) in [7, 11) is 0. The quantitative estimate of drug-likeness (QED) is 0.138. The molecule has 0 aromatic heterocycles. The van der Waals surface area contributed by atoms with Crippen LogP contribution in [0.2, 0.25) is 0 Å². The lowest BCUT2D eigenvalue weighted by molar-refractivity contribution is -0.277. The molecule has 1 aromatic carbocycles. The van der Waals surface area contributed by atoms with Gasteiger partial charge in [-0.15, -0.1) is 0 Å². The van der Waals surface area contributed by atoms with Crippen LogP contribution in [0.1, 0.15) is 84.0 Å². The van der Waals surface area contributed by atoms with Gasteiger partial charge in [-0.3, -0.25) is 4.79 Å². The monoisotopic (exact) mass is 533 g/mol. The van der Waals surface area contributed by atoms with Crippen molar-refractivity contribution in [2.24, 2.45) is 0 Å². The fourth-order valence-corrected chi connectivity index (χ4v) is 4.24. The molecule has 1 saturated heterocycles. The van der Waals surface area contributed by atoms with Gasteiger partial charge in [-0.2, -0.15) is 0 Å². The van der Waals surface area contributed by atoms with Gasteiger partial charge in [0.2, 0.25) is 12.2 Å². The number of benzene rings is 1. The molecule has 0 aliphatic carbocycles. The lowest BCUT2D eigenvalue weighted by Gasteiger charge is -2.39. The highest BCUT2D eigenvalue weighted by molar-refractivity contribution is 5.90. The Labute approximate surface area is 227 Å². The molecule has 1 amide bonds. The van der Waals surface area contributed by atoms with Crippen molar-refractivity contribution >= 4 is 11.6 Å². The van der Waals surface area contributed by atoms with Crippen LogP contribution in [-0.2, 0) is 9.53 Å². The number of aliphatic hydroxyl groups is 4. The molecule has 1 aromatic rings. The van der Waals surface area contributed by atoms with Crippen molar-refractivity contribution in [2.75, 3.05) is 11.9 Å². The van der Waals surface area contributed by atoms with E-state index in [0.717, 1.165) is 32.1 Å². The van der Waals surface area contributed by atoms with Crippen molar-refractivity contribution in [2.45, 2.75) is 115 Å². The molecule has 8 heteroatoms. The number of amides is 1. The SMILES string of the molecule is CCCCC/C=C\C/C=C\CCCCCCCC(=O)Nc1ccc(O[C@@H]2O[C@H](CO)[C@H](O)[C@H](O)[C@H]2O)cc1. The Morgan fingerprint density at radius 1 is 0.868 bits per heavy atom. The second-order valence-corrected chi connectivity index (χ2v) is 9.87. The van der Waals surface area contributed by atoms with Crippen LogP contribution in [-0.4, -0.2) is 63.6 Å². The first-order chi connectivity index (χ1) is 18.5. The zero-order valence-corrected chi connectivity index (χ0v) is 22.7. The lowest BCUT2D eigenvalue weighted by atomic mass is 9.99. The molecule has 5 N–H and O–H groups in total. The predicted octanol–water partition coefficient (Wildman–Crippen LogP) is 4.62. The van der Waals surface area contributed by atoms with Crippen molar-refractivity contribution in [3.63, 3.8) is 0 Å². The van der Waals surface area contributed by atoms with Crippen LogP contribution >= 0.6 is 0 Å². The summed E-state index contributed by atoms with van der Waals surface area (Å²) in [6.45, 7) is 1.70. The van der Waals surface area contributed by atoms with E-state index in [0.29, 0.717) is 17.9 Å². The highest BCUT2D eigenvalue weighted by atomic mass is 16.7. The average molecular weight is 534 g/mol. The maximum absolute atomic E-state index is 12.2. The van der Waals surface area contributed by atoms with E-state index >= 15 is 0 Å². The van der Waals surface area contributed by atoms with Gasteiger partial charge in [0.25, 0.3) is 0 Å². The van der Waals surface area contributed by atoms with E-state index in [4.69, 9.17) is 9.47 Å². The Morgan fingerprint density at radius 3 is 2.16 bits per heavy atom. The molecule has 38 heavy (non-hydrogen) atoms. The van der Waals surface area contributed by atoms with Crippen LogP contribution in [0.3, 0.4) is 0 Å². The first-order valence-electron chi connectivity index (χ1n) is 14.1. The molecule has 1 fully saturated rings. The fourth-order valence-electron chi connectivity index (χ4n) is 4.24. The largest absolute Gasteiger partial charge is 0.462 e. The summed E-state index contributed by atoms with van der Waals surface area (Å²) in [5, 5.41) is 41.9. The second-order valence-electron chi connectivity index (χ2n) is 9.87. The number of hydrogen-bond acceptors (Lipinski definition) is 7. The van der Waals surface area contributed by atoms with Gasteiger partial charge in [-0.05, 0) is 62.8 Å². The van der Waals surface area contributed by atoms with Gasteiger partial charge in [0.1, 0.15) is 30.2 Å². The van der Waals surface area contributed by atoms with Gasteiger partial charge >= 0.3 is 0 Å². The summed E-state index contributed by atoms with van der Waals surface area (Å²) >= 11 is 0. The Hall–Kier alpha value is -2.23. The van der Waals surface area contributed by atoms with E-state index in [1.807, 2.05) is 0 Å². The lowest BCUT2D eigenvalue weighted by Crippen LogP contribution is -2.60. The normalized spacial score (nSPS) is 23.8. The molecule has 214 valence electrons. The smallest absolute Gasteiger partial charge is 0.229 e. The zero-order chi connectivity index (χ0) is 27.6. The molecule has 1 aliphatic rings. The number of carbonyl (C=O) groups excluding carboxylic acids is 1. The van der Waals surface area contributed by atoms with E-state index in [9.17, 15) is 25.2 Å². The molecule has 2 rings (SSSR count). The van der Waals surface area contributed by atoms with E-state index < -0.39 is 37.3 Å². The maximum atomic E-state index is 12.2. The van der Waals surface area contributed by atoms with Crippen molar-refractivity contribution < 1.29 is 34.7 Å². The molecule has 1 heterocycles. The minimum atomic E-state index is -1.50. The minimum absolute atomic E-state index is 0.0433. The first kappa shape index (κ1) is 32.0. The summed E-state index contributed by atoms with van der Waals surface area (Å²) < 4.78 is 10.9. The van der Waals surface area contributed by atoms with Gasteiger partial charge < -0.3 is 35.2 Å². The molecule has 0 unspecified atom stereocenters. The number of allylic oxidation sites excluding steroid dienone is 4. The number of aliphatic hydroxyl groups excluding tert-OH is 4. The topological polar surface area (TPSA) is 128 Å². The molecule has 5 atom stereocenters. The van der Waals surface area contributed by atoms with Crippen LogP contribution in [0.25, 0.3) is 0 Å². The fraction of sp³-hybridized carbons (Fsp3) is 0.633. The van der Waals surface area contributed by atoms with Gasteiger partial charge in [0.05, 0.1) is 6.61 Å². The molecule has 8 nitrogen and oxygen atoms in total. The maximum Gasteiger partial charge on any atom is 0.229 e. The molecule has 1 aliphatic heterocycles. The van der Waals surface area contributed by atoms with Crippen molar-refractivity contribution in [1.29, 1.82) is 0 Å². The van der Waals surface area contributed by atoms with E-state index in [1.165, 1.54) is 38.5 Å². The summed E-state index contributed by atoms with van der Waals surface area (Å²) in [4.78, 5) is 12.2. The molecule has 0 saturated carbocycles. The number of anilines is 1. The van der Waals surface area contributed by atoms with Gasteiger partial charge in [-0.1, -0.05) is 63.3 Å². The van der Waals surface area contributed by atoms with Crippen LogP contribution in [0.4, 0.5) is 5.69 Å². The van der Waals surface area contributed by atoms with Gasteiger partial charge in [-0.25, -0.2) is 0 Å². The Kier molecular flexibility index (Phi) is 15.9. The van der Waals surface area contributed by atoms with Crippen LogP contribution in [0, 0.1) is 0 Å². The first-order valence-corrected chi connectivity index (χ1v) is 14.1. The van der Waals surface area contributed by atoms with Crippen LogP contribution < -0.4 is 10.1 Å². The molecular formula is C30H47NO7. The van der Waals surface area contributed by atoms with E-state index in [2.05, 4.69) is 36.5 Å². The number of carbonyl (C=O) groups is 1. The van der Waals surface area contributed by atoms with Crippen LogP contribution in [0.5, 0.6) is 5.75 Å². The molecule has 0 radical (unpaired) electrons. The van der Waals surface area contributed by atoms with Gasteiger partial charge in [0, 0.05) is 12.1 Å². The number of nitrogens with one attached hydrogen (secondary N) is 1. The zero-order valence-electron chi connectivity index (χ0n) is 22.7. The van der Waals surface area contributed by atoms with E-state index in [-0.39, 0.29) is 5.91 Å². The van der Waals surface area contributed by atoms with Crippen molar-refractivity contribution in [1.82, 2.24) is 0 Å². The van der Waals surface area contributed by atoms with Crippen LogP contribution in [0.15, 0.2) is 48.6 Å². The van der Waals surface area contributed by atoms with Gasteiger partial charge in [0.15, 0.2) is 0 Å². The Balaban J connectivity index is 1.54. The summed E-state index contributed by atoms with van der Waals surface area (Å²) in [5.41, 5.74) is 0.624. The molecule has 0 bridgehead atoms. The average Bonchev–Trinajstić information content (AvgIpc) is 2.92. The Morgan fingerprint density at radius 2 is 1.50 bits per heavy atom. The summed E-state index contributed by atoms with van der Waals surface area (Å²) in [6.07, 6.45) is 15.4. The molecular weight excluding hydrogens is 486 g/mol. The highest BCUT2D eigenvalue weighted by Gasteiger charge is 2.44. The summed E-state index contributed by atoms with van der Waals surface area (Å²) in [5.74, 6) is 0.305. The minimum Gasteiger partial charge on any atom is -0.462 e. The third-order valence-electron chi connectivity index (χ3n) is 6.59. The summed E-state index contributed by atoms with van der Waals surface area (Å²) in [6, 6.07) is 6.56.